The predicted molar refractivity (Wildman–Crippen MR) is 44.2 cm³/mol. The van der Waals surface area contributed by atoms with Crippen LogP contribution in [0.15, 0.2) is 0 Å². The van der Waals surface area contributed by atoms with Crippen molar-refractivity contribution in [1.82, 2.24) is 10.2 Å². The second-order valence-electron chi connectivity index (χ2n) is 3.11. The third-order valence-electron chi connectivity index (χ3n) is 2.04. The Kier molecular flexibility index (Phi) is 3.76. The van der Waals surface area contributed by atoms with Crippen molar-refractivity contribution in [2.75, 3.05) is 33.2 Å². The van der Waals surface area contributed by atoms with E-state index in [1.165, 1.54) is 45.4 Å². The van der Waals surface area contributed by atoms with Gasteiger partial charge in [0, 0.05) is 0 Å². The summed E-state index contributed by atoms with van der Waals surface area (Å²) in [6, 6.07) is 0. The van der Waals surface area contributed by atoms with Gasteiger partial charge in [0.1, 0.15) is 0 Å². The third kappa shape index (κ3) is 3.18. The second-order valence-corrected chi connectivity index (χ2v) is 3.11. The van der Waals surface area contributed by atoms with Gasteiger partial charge in [-0.2, -0.15) is 0 Å². The number of likely N-dealkylation sites (tertiary alicyclic amines) is 1. The first-order valence-electron chi connectivity index (χ1n) is 4.29. The first-order valence-corrected chi connectivity index (χ1v) is 4.29. The standard InChI is InChI=1S/2C4H9N/c1-5-3-2-4-5;1-2-4-5-3-1/h2-4H2,1H3;5H,1-4H2. The summed E-state index contributed by atoms with van der Waals surface area (Å²) < 4.78 is 0. The van der Waals surface area contributed by atoms with Crippen LogP contribution in [0.4, 0.5) is 0 Å². The van der Waals surface area contributed by atoms with E-state index in [2.05, 4.69) is 17.3 Å². The zero-order chi connectivity index (χ0) is 7.23. The van der Waals surface area contributed by atoms with Gasteiger partial charge in [0.25, 0.3) is 0 Å². The lowest BCUT2D eigenvalue weighted by Gasteiger charge is -2.24. The van der Waals surface area contributed by atoms with Gasteiger partial charge in [-0.3, -0.25) is 0 Å². The van der Waals surface area contributed by atoms with Crippen LogP contribution in [0.1, 0.15) is 19.3 Å². The average molecular weight is 142 g/mol. The van der Waals surface area contributed by atoms with Crippen LogP contribution in [0, 0.1) is 0 Å². The highest BCUT2D eigenvalue weighted by Gasteiger charge is 2.04. The molecule has 2 aliphatic heterocycles. The Bertz CT molecular complexity index is 67.7. The van der Waals surface area contributed by atoms with E-state index in [0.717, 1.165) is 0 Å². The molecule has 0 radical (unpaired) electrons. The van der Waals surface area contributed by atoms with Crippen molar-refractivity contribution >= 4 is 0 Å². The molecule has 2 nitrogen and oxygen atoms in total. The summed E-state index contributed by atoms with van der Waals surface area (Å²) in [5.41, 5.74) is 0. The third-order valence-corrected chi connectivity index (χ3v) is 2.04. The number of hydrogen-bond acceptors (Lipinski definition) is 2. The number of nitrogens with zero attached hydrogens (tertiary/aromatic N) is 1. The maximum absolute atomic E-state index is 3.22. The molecule has 2 aliphatic rings. The number of nitrogens with one attached hydrogen (secondary N) is 1. The van der Waals surface area contributed by atoms with Gasteiger partial charge >= 0.3 is 0 Å². The van der Waals surface area contributed by atoms with E-state index >= 15 is 0 Å². The van der Waals surface area contributed by atoms with Gasteiger partial charge < -0.3 is 10.2 Å². The van der Waals surface area contributed by atoms with Gasteiger partial charge in [-0.25, -0.2) is 0 Å². The van der Waals surface area contributed by atoms with E-state index in [9.17, 15) is 0 Å². The lowest BCUT2D eigenvalue weighted by atomic mass is 10.3. The highest BCUT2D eigenvalue weighted by atomic mass is 15.1. The summed E-state index contributed by atoms with van der Waals surface area (Å²) >= 11 is 0. The van der Waals surface area contributed by atoms with Crippen LogP contribution in [0.5, 0.6) is 0 Å². The summed E-state index contributed by atoms with van der Waals surface area (Å²) in [5, 5.41) is 3.22. The van der Waals surface area contributed by atoms with Crippen LogP contribution >= 0.6 is 0 Å². The van der Waals surface area contributed by atoms with E-state index in [-0.39, 0.29) is 0 Å². The van der Waals surface area contributed by atoms with Crippen molar-refractivity contribution < 1.29 is 0 Å². The SMILES string of the molecule is C1CCNC1.CN1CCC1. The van der Waals surface area contributed by atoms with Gasteiger partial charge in [0.2, 0.25) is 0 Å². The Morgan fingerprint density at radius 1 is 1.00 bits per heavy atom. The van der Waals surface area contributed by atoms with Gasteiger partial charge in [0.15, 0.2) is 0 Å². The highest BCUT2D eigenvalue weighted by Crippen LogP contribution is 1.98. The molecule has 2 heterocycles. The molecule has 0 amide bonds. The van der Waals surface area contributed by atoms with Crippen molar-refractivity contribution in [3.63, 3.8) is 0 Å². The summed E-state index contributed by atoms with van der Waals surface area (Å²) in [7, 11) is 2.14. The van der Waals surface area contributed by atoms with Crippen LogP contribution in [0.25, 0.3) is 0 Å². The molecule has 2 fully saturated rings. The fourth-order valence-electron chi connectivity index (χ4n) is 1.10. The minimum Gasteiger partial charge on any atom is -0.317 e. The van der Waals surface area contributed by atoms with Crippen LogP contribution in [0.2, 0.25) is 0 Å². The van der Waals surface area contributed by atoms with E-state index in [0.29, 0.717) is 0 Å². The summed E-state index contributed by atoms with van der Waals surface area (Å²) in [4.78, 5) is 2.31. The Labute approximate surface area is 63.6 Å². The second kappa shape index (κ2) is 4.69. The van der Waals surface area contributed by atoms with E-state index in [1.54, 1.807) is 0 Å². The number of hydrogen-bond donors (Lipinski definition) is 1. The topological polar surface area (TPSA) is 15.3 Å². The molecule has 0 atom stereocenters. The molecule has 0 saturated carbocycles. The molecule has 0 aromatic carbocycles. The first kappa shape index (κ1) is 8.02. The van der Waals surface area contributed by atoms with Gasteiger partial charge in [-0.05, 0) is 52.5 Å². The monoisotopic (exact) mass is 142 g/mol. The molecule has 2 saturated heterocycles. The quantitative estimate of drug-likeness (QED) is 0.535. The Morgan fingerprint density at radius 3 is 1.60 bits per heavy atom. The molecular formula is C8H18N2. The fraction of sp³-hybridized carbons (Fsp3) is 1.00. The summed E-state index contributed by atoms with van der Waals surface area (Å²) in [6.07, 6.45) is 4.19. The zero-order valence-corrected chi connectivity index (χ0v) is 6.90. The molecule has 0 unspecified atom stereocenters. The Morgan fingerprint density at radius 2 is 1.50 bits per heavy atom. The van der Waals surface area contributed by atoms with Gasteiger partial charge in [0.05, 0.1) is 0 Å². The van der Waals surface area contributed by atoms with Crippen molar-refractivity contribution in [2.24, 2.45) is 0 Å². The minimum absolute atomic E-state index is 1.25. The molecule has 0 aliphatic carbocycles. The molecule has 1 N–H and O–H groups in total. The number of rotatable bonds is 0. The maximum Gasteiger partial charge on any atom is -0.000959 e. The molecular weight excluding hydrogens is 124 g/mol. The highest BCUT2D eigenvalue weighted by molar-refractivity contribution is 4.61. The van der Waals surface area contributed by atoms with Crippen molar-refractivity contribution in [1.29, 1.82) is 0 Å². The van der Waals surface area contributed by atoms with Crippen molar-refractivity contribution in [2.45, 2.75) is 19.3 Å². The van der Waals surface area contributed by atoms with Crippen LogP contribution < -0.4 is 5.32 Å². The molecule has 60 valence electrons. The Hall–Kier alpha value is -0.0800. The first-order chi connectivity index (χ1) is 4.89. The maximum atomic E-state index is 3.22. The Balaban J connectivity index is 0.0000001000. The molecule has 0 aromatic rings. The lowest BCUT2D eigenvalue weighted by Crippen LogP contribution is -2.32. The van der Waals surface area contributed by atoms with Gasteiger partial charge in [-0.1, -0.05) is 0 Å². The summed E-state index contributed by atoms with van der Waals surface area (Å²) in [5.74, 6) is 0. The lowest BCUT2D eigenvalue weighted by molar-refractivity contribution is 0.229. The molecule has 2 heteroatoms. The molecule has 0 bridgehead atoms. The van der Waals surface area contributed by atoms with Gasteiger partial charge in [-0.15, -0.1) is 0 Å². The smallest absolute Gasteiger partial charge is 0.000959 e. The van der Waals surface area contributed by atoms with Crippen molar-refractivity contribution in [3.8, 4) is 0 Å². The summed E-state index contributed by atoms with van der Waals surface area (Å²) in [6.45, 7) is 5.14. The largest absolute Gasteiger partial charge is 0.317 e. The fourth-order valence-corrected chi connectivity index (χ4v) is 1.10. The average Bonchev–Trinajstić information content (AvgIpc) is 2.38. The molecule has 2 rings (SSSR count). The molecule has 10 heavy (non-hydrogen) atoms. The van der Waals surface area contributed by atoms with Crippen LogP contribution in [-0.2, 0) is 0 Å². The molecule has 0 aromatic heterocycles. The van der Waals surface area contributed by atoms with E-state index in [1.807, 2.05) is 0 Å². The van der Waals surface area contributed by atoms with E-state index in [4.69, 9.17) is 0 Å². The predicted octanol–water partition coefficient (Wildman–Crippen LogP) is 0.692. The van der Waals surface area contributed by atoms with E-state index < -0.39 is 0 Å². The van der Waals surface area contributed by atoms with Crippen LogP contribution in [0.3, 0.4) is 0 Å². The van der Waals surface area contributed by atoms with Crippen molar-refractivity contribution in [3.05, 3.63) is 0 Å². The normalized spacial score (nSPS) is 24.9. The zero-order valence-electron chi connectivity index (χ0n) is 6.90. The minimum atomic E-state index is 1.25. The van der Waals surface area contributed by atoms with Crippen LogP contribution in [-0.4, -0.2) is 38.1 Å². The molecule has 0 spiro atoms.